The highest BCUT2D eigenvalue weighted by Gasteiger charge is 2.26. The van der Waals surface area contributed by atoms with Gasteiger partial charge in [0.15, 0.2) is 12.4 Å². The van der Waals surface area contributed by atoms with Crippen molar-refractivity contribution in [2.24, 2.45) is 0 Å². The zero-order valence-electron chi connectivity index (χ0n) is 13.9. The van der Waals surface area contributed by atoms with E-state index in [1.807, 2.05) is 28.7 Å². The third kappa shape index (κ3) is 4.24. The van der Waals surface area contributed by atoms with E-state index in [9.17, 15) is 14.4 Å². The summed E-state index contributed by atoms with van der Waals surface area (Å²) in [5.74, 6) is -0.687. The molecule has 0 radical (unpaired) electrons. The molecule has 26 heavy (non-hydrogen) atoms. The van der Waals surface area contributed by atoms with Crippen LogP contribution < -0.4 is 0 Å². The van der Waals surface area contributed by atoms with Gasteiger partial charge in [-0.25, -0.2) is 4.79 Å². The Hall–Kier alpha value is -2.36. The first-order valence-electron chi connectivity index (χ1n) is 8.08. The SMILES string of the molecule is O=C(OCC(=O)N1CCN(C(=O)c2ccco2)CC1)c1ccccc1I. The molecule has 1 aromatic carbocycles. The molecule has 136 valence electrons. The van der Waals surface area contributed by atoms with Crippen LogP contribution in [0.1, 0.15) is 20.9 Å². The molecular formula is C18H17IN2O5. The molecule has 0 spiro atoms. The molecule has 0 saturated carbocycles. The summed E-state index contributed by atoms with van der Waals surface area (Å²) in [6.07, 6.45) is 1.45. The minimum atomic E-state index is -0.519. The van der Waals surface area contributed by atoms with Crippen LogP contribution in [0.15, 0.2) is 47.1 Å². The second-order valence-corrected chi connectivity index (χ2v) is 6.87. The lowest BCUT2D eigenvalue weighted by molar-refractivity contribution is -0.136. The van der Waals surface area contributed by atoms with Gasteiger partial charge in [0, 0.05) is 29.7 Å². The van der Waals surface area contributed by atoms with Crippen molar-refractivity contribution in [3.05, 3.63) is 57.6 Å². The number of hydrogen-bond acceptors (Lipinski definition) is 5. The Balaban J connectivity index is 1.47. The van der Waals surface area contributed by atoms with E-state index in [-0.39, 0.29) is 24.2 Å². The first-order chi connectivity index (χ1) is 12.6. The van der Waals surface area contributed by atoms with Crippen LogP contribution >= 0.6 is 22.6 Å². The van der Waals surface area contributed by atoms with Crippen molar-refractivity contribution in [2.75, 3.05) is 32.8 Å². The number of furan rings is 1. The molecular weight excluding hydrogens is 451 g/mol. The first-order valence-corrected chi connectivity index (χ1v) is 9.16. The van der Waals surface area contributed by atoms with Gasteiger partial charge in [-0.3, -0.25) is 9.59 Å². The molecule has 0 aliphatic carbocycles. The molecule has 0 unspecified atom stereocenters. The lowest BCUT2D eigenvalue weighted by Crippen LogP contribution is -2.51. The Bertz CT molecular complexity index is 798. The Morgan fingerprint density at radius 2 is 1.69 bits per heavy atom. The molecule has 0 atom stereocenters. The molecule has 1 fully saturated rings. The Morgan fingerprint density at radius 3 is 2.35 bits per heavy atom. The minimum absolute atomic E-state index is 0.188. The summed E-state index contributed by atoms with van der Waals surface area (Å²) in [6, 6.07) is 10.3. The molecule has 7 nitrogen and oxygen atoms in total. The van der Waals surface area contributed by atoms with Gasteiger partial charge >= 0.3 is 5.97 Å². The fourth-order valence-corrected chi connectivity index (χ4v) is 3.25. The maximum Gasteiger partial charge on any atom is 0.339 e. The standard InChI is InChI=1S/C18H17IN2O5/c19-14-5-2-1-4-13(14)18(24)26-12-16(22)20-7-9-21(10-8-20)17(23)15-6-3-11-25-15/h1-6,11H,7-10,12H2. The summed E-state index contributed by atoms with van der Waals surface area (Å²) in [5.41, 5.74) is 0.440. The largest absolute Gasteiger partial charge is 0.459 e. The zero-order chi connectivity index (χ0) is 18.5. The lowest BCUT2D eigenvalue weighted by Gasteiger charge is -2.34. The smallest absolute Gasteiger partial charge is 0.339 e. The minimum Gasteiger partial charge on any atom is -0.459 e. The van der Waals surface area contributed by atoms with Gasteiger partial charge in [0.2, 0.25) is 0 Å². The van der Waals surface area contributed by atoms with E-state index in [2.05, 4.69) is 0 Å². The van der Waals surface area contributed by atoms with E-state index < -0.39 is 5.97 Å². The predicted molar refractivity (Wildman–Crippen MR) is 101 cm³/mol. The lowest BCUT2D eigenvalue weighted by atomic mass is 10.2. The van der Waals surface area contributed by atoms with Crippen molar-refractivity contribution in [2.45, 2.75) is 0 Å². The van der Waals surface area contributed by atoms with E-state index in [4.69, 9.17) is 9.15 Å². The van der Waals surface area contributed by atoms with E-state index >= 15 is 0 Å². The number of ether oxygens (including phenoxy) is 1. The number of hydrogen-bond donors (Lipinski definition) is 0. The van der Waals surface area contributed by atoms with Crippen LogP contribution in [-0.4, -0.2) is 60.4 Å². The average Bonchev–Trinajstić information content (AvgIpc) is 3.20. The number of piperazine rings is 1. The van der Waals surface area contributed by atoms with Gasteiger partial charge in [-0.2, -0.15) is 0 Å². The van der Waals surface area contributed by atoms with Crippen molar-refractivity contribution in [1.82, 2.24) is 9.80 Å². The van der Waals surface area contributed by atoms with E-state index in [1.54, 1.807) is 40.1 Å². The normalized spacial score (nSPS) is 14.2. The van der Waals surface area contributed by atoms with E-state index in [0.717, 1.165) is 3.57 Å². The highest BCUT2D eigenvalue weighted by atomic mass is 127. The van der Waals surface area contributed by atoms with Gasteiger partial charge < -0.3 is 19.0 Å². The van der Waals surface area contributed by atoms with Gasteiger partial charge in [0.25, 0.3) is 11.8 Å². The van der Waals surface area contributed by atoms with Gasteiger partial charge in [0.1, 0.15) is 0 Å². The summed E-state index contributed by atoms with van der Waals surface area (Å²) in [5, 5.41) is 0. The number of esters is 1. The third-order valence-electron chi connectivity index (χ3n) is 4.07. The Morgan fingerprint density at radius 1 is 1.00 bits per heavy atom. The van der Waals surface area contributed by atoms with Crippen LogP contribution in [0, 0.1) is 3.57 Å². The van der Waals surface area contributed by atoms with Gasteiger partial charge in [0.05, 0.1) is 11.8 Å². The molecule has 2 amide bonds. The molecule has 1 aliphatic heterocycles. The number of carbonyl (C=O) groups is 3. The molecule has 2 aromatic rings. The van der Waals surface area contributed by atoms with Crippen LogP contribution in [0.4, 0.5) is 0 Å². The molecule has 8 heteroatoms. The van der Waals surface area contributed by atoms with Crippen molar-refractivity contribution in [3.63, 3.8) is 0 Å². The number of amides is 2. The summed E-state index contributed by atoms with van der Waals surface area (Å²) >= 11 is 2.05. The van der Waals surface area contributed by atoms with Crippen molar-refractivity contribution < 1.29 is 23.5 Å². The summed E-state index contributed by atoms with van der Waals surface area (Å²) in [4.78, 5) is 39.7. The summed E-state index contributed by atoms with van der Waals surface area (Å²) in [6.45, 7) is 1.30. The molecule has 1 aliphatic rings. The maximum atomic E-state index is 12.2. The molecule has 0 N–H and O–H groups in total. The number of halogens is 1. The fourth-order valence-electron chi connectivity index (χ4n) is 2.64. The second-order valence-electron chi connectivity index (χ2n) is 5.71. The average molecular weight is 468 g/mol. The van der Waals surface area contributed by atoms with Crippen LogP contribution in [0.25, 0.3) is 0 Å². The number of benzene rings is 1. The van der Waals surface area contributed by atoms with Gasteiger partial charge in [-0.15, -0.1) is 0 Å². The van der Waals surface area contributed by atoms with Crippen molar-refractivity contribution in [3.8, 4) is 0 Å². The number of carbonyl (C=O) groups excluding carboxylic acids is 3. The zero-order valence-corrected chi connectivity index (χ0v) is 16.0. The predicted octanol–water partition coefficient (Wildman–Crippen LogP) is 2.03. The number of rotatable bonds is 4. The van der Waals surface area contributed by atoms with Crippen LogP contribution in [0.2, 0.25) is 0 Å². The summed E-state index contributed by atoms with van der Waals surface area (Å²) in [7, 11) is 0. The van der Waals surface area contributed by atoms with E-state index in [1.165, 1.54) is 6.26 Å². The molecule has 2 heterocycles. The summed E-state index contributed by atoms with van der Waals surface area (Å²) < 4.78 is 11.0. The molecule has 1 saturated heterocycles. The number of nitrogens with zero attached hydrogens (tertiary/aromatic N) is 2. The van der Waals surface area contributed by atoms with Crippen LogP contribution in [-0.2, 0) is 9.53 Å². The maximum absolute atomic E-state index is 12.2. The fraction of sp³-hybridized carbons (Fsp3) is 0.278. The third-order valence-corrected chi connectivity index (χ3v) is 5.01. The van der Waals surface area contributed by atoms with Crippen molar-refractivity contribution in [1.29, 1.82) is 0 Å². The highest BCUT2D eigenvalue weighted by molar-refractivity contribution is 14.1. The van der Waals surface area contributed by atoms with Gasteiger partial charge in [-0.05, 0) is 46.9 Å². The van der Waals surface area contributed by atoms with Crippen LogP contribution in [0.5, 0.6) is 0 Å². The Labute approximate surface area is 164 Å². The second kappa shape index (κ2) is 8.35. The highest BCUT2D eigenvalue weighted by Crippen LogP contribution is 2.13. The van der Waals surface area contributed by atoms with Gasteiger partial charge in [-0.1, -0.05) is 12.1 Å². The molecule has 1 aromatic heterocycles. The van der Waals surface area contributed by atoms with E-state index in [0.29, 0.717) is 31.7 Å². The topological polar surface area (TPSA) is 80.1 Å². The monoisotopic (exact) mass is 468 g/mol. The molecule has 3 rings (SSSR count). The first kappa shape index (κ1) is 18.4. The molecule has 0 bridgehead atoms. The van der Waals surface area contributed by atoms with Crippen molar-refractivity contribution >= 4 is 40.4 Å². The Kier molecular flexibility index (Phi) is 5.92. The quantitative estimate of drug-likeness (QED) is 0.507. The van der Waals surface area contributed by atoms with Crippen LogP contribution in [0.3, 0.4) is 0 Å².